The normalized spacial score (nSPS) is 12.0. The van der Waals surface area contributed by atoms with E-state index in [1.165, 1.54) is 48.6 Å². The summed E-state index contributed by atoms with van der Waals surface area (Å²) in [4.78, 5) is 38.9. The number of nitrogens with zero attached hydrogens (tertiary/aromatic N) is 2. The van der Waals surface area contributed by atoms with Crippen LogP contribution in [-0.4, -0.2) is 27.9 Å². The molecule has 0 radical (unpaired) electrons. The molecule has 0 saturated heterocycles. The van der Waals surface area contributed by atoms with E-state index >= 15 is 0 Å². The highest BCUT2D eigenvalue weighted by atomic mass is 32.1. The van der Waals surface area contributed by atoms with Gasteiger partial charge in [-0.05, 0) is 31.2 Å². The molecule has 0 bridgehead atoms. The van der Waals surface area contributed by atoms with Gasteiger partial charge in [-0.15, -0.1) is 11.3 Å². The number of nitrogens with one attached hydrogen (secondary N) is 1. The molecule has 8 nitrogen and oxygen atoms in total. The van der Waals surface area contributed by atoms with E-state index in [0.29, 0.717) is 5.01 Å². The van der Waals surface area contributed by atoms with E-state index in [0.717, 1.165) is 10.2 Å². The number of hydrogen-bond acceptors (Lipinski definition) is 7. The number of hydrogen-bond donors (Lipinski definition) is 1. The minimum Gasteiger partial charge on any atom is -0.449 e. The number of rotatable bonds is 6. The molecule has 0 unspecified atom stereocenters. The Hall–Kier alpha value is -3.59. The molecule has 142 valence electrons. The number of nitro benzene ring substituents is 1. The van der Waals surface area contributed by atoms with Crippen LogP contribution in [0.15, 0.2) is 54.6 Å². The van der Waals surface area contributed by atoms with E-state index in [1.54, 1.807) is 6.07 Å². The first kappa shape index (κ1) is 19.2. The highest BCUT2D eigenvalue weighted by Gasteiger charge is 2.20. The quantitative estimate of drug-likeness (QED) is 0.293. The van der Waals surface area contributed by atoms with E-state index in [4.69, 9.17) is 4.74 Å². The maximum atomic E-state index is 12.2. The van der Waals surface area contributed by atoms with Crippen molar-refractivity contribution < 1.29 is 19.2 Å². The number of carbonyl (C=O) groups excluding carboxylic acids is 2. The van der Waals surface area contributed by atoms with Crippen molar-refractivity contribution in [2.45, 2.75) is 13.0 Å². The first-order valence-electron chi connectivity index (χ1n) is 8.22. The Morgan fingerprint density at radius 3 is 2.68 bits per heavy atom. The third kappa shape index (κ3) is 4.57. The zero-order valence-electron chi connectivity index (χ0n) is 14.7. The van der Waals surface area contributed by atoms with Crippen molar-refractivity contribution in [1.29, 1.82) is 0 Å². The Bertz CT molecular complexity index is 1040. The van der Waals surface area contributed by atoms with Gasteiger partial charge in [0.05, 0.1) is 15.1 Å². The SMILES string of the molecule is C[C@@H](OC(=O)/C=C/c1nc2ccccc2s1)C(=O)Nc1ccccc1[N+](=O)[O-]. The Balaban J connectivity index is 1.60. The lowest BCUT2D eigenvalue weighted by Crippen LogP contribution is -2.29. The number of carbonyl (C=O) groups is 2. The van der Waals surface area contributed by atoms with E-state index in [2.05, 4.69) is 10.3 Å². The fourth-order valence-corrected chi connectivity index (χ4v) is 3.21. The third-order valence-corrected chi connectivity index (χ3v) is 4.69. The average Bonchev–Trinajstić information content (AvgIpc) is 3.09. The molecule has 2 aromatic carbocycles. The molecule has 0 fully saturated rings. The molecular weight excluding hydrogens is 382 g/mol. The van der Waals surface area contributed by atoms with Gasteiger partial charge in [-0.2, -0.15) is 0 Å². The highest BCUT2D eigenvalue weighted by Crippen LogP contribution is 2.24. The van der Waals surface area contributed by atoms with Crippen molar-refractivity contribution in [3.63, 3.8) is 0 Å². The molecule has 0 aliphatic heterocycles. The predicted molar refractivity (Wildman–Crippen MR) is 106 cm³/mol. The number of benzene rings is 2. The van der Waals surface area contributed by atoms with Gasteiger partial charge in [-0.1, -0.05) is 24.3 Å². The lowest BCUT2D eigenvalue weighted by Gasteiger charge is -2.12. The van der Waals surface area contributed by atoms with Crippen molar-refractivity contribution in [2.24, 2.45) is 0 Å². The maximum Gasteiger partial charge on any atom is 0.331 e. The number of aromatic nitrogens is 1. The molecule has 0 saturated carbocycles. The van der Waals surface area contributed by atoms with Crippen LogP contribution in [0.3, 0.4) is 0 Å². The molecule has 0 aliphatic rings. The van der Waals surface area contributed by atoms with Crippen LogP contribution in [-0.2, 0) is 14.3 Å². The molecule has 3 rings (SSSR count). The Kier molecular flexibility index (Phi) is 5.75. The molecule has 0 aliphatic carbocycles. The van der Waals surface area contributed by atoms with Gasteiger partial charge in [0.1, 0.15) is 10.7 Å². The number of thiazole rings is 1. The molecule has 1 heterocycles. The smallest absolute Gasteiger partial charge is 0.331 e. The molecule has 1 amide bonds. The zero-order chi connectivity index (χ0) is 20.1. The molecule has 28 heavy (non-hydrogen) atoms. The van der Waals surface area contributed by atoms with Crippen LogP contribution >= 0.6 is 11.3 Å². The molecule has 3 aromatic rings. The minimum absolute atomic E-state index is 0.0328. The number of amides is 1. The van der Waals surface area contributed by atoms with Crippen LogP contribution in [0.5, 0.6) is 0 Å². The van der Waals surface area contributed by atoms with E-state index in [-0.39, 0.29) is 11.4 Å². The summed E-state index contributed by atoms with van der Waals surface area (Å²) in [7, 11) is 0. The van der Waals surface area contributed by atoms with Gasteiger partial charge in [0.2, 0.25) is 0 Å². The Labute approximate surface area is 163 Å². The topological polar surface area (TPSA) is 111 Å². The van der Waals surface area contributed by atoms with Gasteiger partial charge >= 0.3 is 5.97 Å². The van der Waals surface area contributed by atoms with E-state index < -0.39 is 22.9 Å². The van der Waals surface area contributed by atoms with Crippen LogP contribution in [0.25, 0.3) is 16.3 Å². The zero-order valence-corrected chi connectivity index (χ0v) is 15.5. The molecule has 1 atom stereocenters. The van der Waals surface area contributed by atoms with Gasteiger partial charge in [0.25, 0.3) is 11.6 Å². The number of fused-ring (bicyclic) bond motifs is 1. The molecule has 0 spiro atoms. The number of ether oxygens (including phenoxy) is 1. The predicted octanol–water partition coefficient (Wildman–Crippen LogP) is 3.79. The molecule has 1 aromatic heterocycles. The van der Waals surface area contributed by atoms with Crippen molar-refractivity contribution >= 4 is 50.9 Å². The minimum atomic E-state index is -1.13. The lowest BCUT2D eigenvalue weighted by molar-refractivity contribution is -0.383. The average molecular weight is 397 g/mol. The van der Waals surface area contributed by atoms with Crippen molar-refractivity contribution in [3.8, 4) is 0 Å². The van der Waals surface area contributed by atoms with Gasteiger partial charge < -0.3 is 10.1 Å². The monoisotopic (exact) mass is 397 g/mol. The van der Waals surface area contributed by atoms with Crippen LogP contribution in [0, 0.1) is 10.1 Å². The summed E-state index contributed by atoms with van der Waals surface area (Å²) < 4.78 is 6.04. The van der Waals surface area contributed by atoms with Crippen LogP contribution in [0.4, 0.5) is 11.4 Å². The van der Waals surface area contributed by atoms with Crippen molar-refractivity contribution in [3.05, 3.63) is 69.7 Å². The first-order valence-corrected chi connectivity index (χ1v) is 9.04. The fourth-order valence-electron chi connectivity index (χ4n) is 2.34. The second-order valence-electron chi connectivity index (χ2n) is 5.70. The van der Waals surface area contributed by atoms with Gasteiger partial charge in [0, 0.05) is 12.1 Å². The fraction of sp³-hybridized carbons (Fsp3) is 0.105. The molecule has 9 heteroatoms. The van der Waals surface area contributed by atoms with Crippen LogP contribution < -0.4 is 5.32 Å². The third-order valence-electron chi connectivity index (χ3n) is 3.69. The number of nitro groups is 1. The Morgan fingerprint density at radius 2 is 1.93 bits per heavy atom. The number of anilines is 1. The summed E-state index contributed by atoms with van der Waals surface area (Å²) >= 11 is 1.42. The summed E-state index contributed by atoms with van der Waals surface area (Å²) in [5, 5.41) is 14.0. The van der Waals surface area contributed by atoms with Gasteiger partial charge in [0.15, 0.2) is 6.10 Å². The van der Waals surface area contributed by atoms with Crippen LogP contribution in [0.1, 0.15) is 11.9 Å². The van der Waals surface area contributed by atoms with Crippen molar-refractivity contribution in [2.75, 3.05) is 5.32 Å². The van der Waals surface area contributed by atoms with E-state index in [1.807, 2.05) is 24.3 Å². The lowest BCUT2D eigenvalue weighted by atomic mass is 10.2. The summed E-state index contributed by atoms with van der Waals surface area (Å²) in [6.07, 6.45) is 1.57. The summed E-state index contributed by atoms with van der Waals surface area (Å²) in [5.74, 6) is -1.39. The summed E-state index contributed by atoms with van der Waals surface area (Å²) in [5.41, 5.74) is 0.619. The summed E-state index contributed by atoms with van der Waals surface area (Å²) in [6.45, 7) is 1.38. The number of para-hydroxylation sites is 3. The highest BCUT2D eigenvalue weighted by molar-refractivity contribution is 7.19. The standard InChI is InChI=1S/C19H15N3O5S/c1-12(19(24)21-13-6-2-4-8-15(13)22(25)26)27-18(23)11-10-17-20-14-7-3-5-9-16(14)28-17/h2-12H,1H3,(H,21,24)/b11-10+/t12-/m1/s1. The van der Waals surface area contributed by atoms with Gasteiger partial charge in [-0.25, -0.2) is 9.78 Å². The van der Waals surface area contributed by atoms with Gasteiger partial charge in [-0.3, -0.25) is 14.9 Å². The molecular formula is C19H15N3O5S. The summed E-state index contributed by atoms with van der Waals surface area (Å²) in [6, 6.07) is 13.3. The largest absolute Gasteiger partial charge is 0.449 e. The second-order valence-corrected chi connectivity index (χ2v) is 6.76. The molecule has 1 N–H and O–H groups in total. The maximum absolute atomic E-state index is 12.2. The van der Waals surface area contributed by atoms with E-state index in [9.17, 15) is 19.7 Å². The van der Waals surface area contributed by atoms with Crippen LogP contribution in [0.2, 0.25) is 0 Å². The number of esters is 1. The van der Waals surface area contributed by atoms with Crippen molar-refractivity contribution in [1.82, 2.24) is 4.98 Å². The first-order chi connectivity index (χ1) is 13.4. The second kappa shape index (κ2) is 8.40. The Morgan fingerprint density at radius 1 is 1.21 bits per heavy atom.